The third-order valence-corrected chi connectivity index (χ3v) is 0.352. The summed E-state index contributed by atoms with van der Waals surface area (Å²) in [4.78, 5) is 13.7. The van der Waals surface area contributed by atoms with Crippen LogP contribution in [0.4, 0.5) is 0 Å². The number of hydroxylamine groups is 2. The van der Waals surface area contributed by atoms with Gasteiger partial charge in [0.2, 0.25) is 0 Å². The largest absolute Gasteiger partial charge is 0.274 e. The number of rotatable bonds is 3. The first-order valence-electron chi connectivity index (χ1n) is 1.87. The topological polar surface area (TPSA) is 49.8 Å². The van der Waals surface area contributed by atoms with Crippen molar-refractivity contribution in [3.8, 4) is 0 Å². The molecule has 0 rings (SSSR count). The predicted octanol–water partition coefficient (Wildman–Crippen LogP) is -0.215. The normalized spacial score (nSPS) is 8.29. The zero-order valence-corrected chi connectivity index (χ0v) is 4.00. The molecular formula is C3H7NO3. The van der Waals surface area contributed by atoms with Crippen molar-refractivity contribution in [1.29, 1.82) is 0 Å². The molecule has 7 heavy (non-hydrogen) atoms. The second-order valence-corrected chi connectivity index (χ2v) is 0.826. The molecule has 0 aliphatic heterocycles. The second-order valence-electron chi connectivity index (χ2n) is 0.826. The molecule has 0 unspecified atom stereocenters. The summed E-state index contributed by atoms with van der Waals surface area (Å²) >= 11 is 0. The van der Waals surface area contributed by atoms with E-state index in [9.17, 15) is 4.79 Å². The first-order valence-corrected chi connectivity index (χ1v) is 1.87. The van der Waals surface area contributed by atoms with Crippen LogP contribution in [0.5, 0.6) is 0 Å². The van der Waals surface area contributed by atoms with Crippen LogP contribution in [0.15, 0.2) is 0 Å². The number of carbonyl (C=O) groups is 1. The molecule has 0 heterocycles. The zero-order chi connectivity index (χ0) is 5.70. The molecule has 0 fully saturated rings. The highest BCUT2D eigenvalue weighted by Crippen LogP contribution is 1.73. The van der Waals surface area contributed by atoms with E-state index >= 15 is 0 Å². The van der Waals surface area contributed by atoms with Gasteiger partial charge in [-0.25, -0.2) is 4.84 Å². The number of amides is 1. The fourth-order valence-corrected chi connectivity index (χ4v) is 0.163. The SMILES string of the molecule is CCON(O)C=O. The summed E-state index contributed by atoms with van der Waals surface area (Å²) in [6.07, 6.45) is 0.170. The molecule has 4 heteroatoms. The van der Waals surface area contributed by atoms with Gasteiger partial charge >= 0.3 is 0 Å². The molecule has 0 aromatic carbocycles. The maximum absolute atomic E-state index is 9.45. The highest BCUT2D eigenvalue weighted by molar-refractivity contribution is 5.42. The molecule has 42 valence electrons. The first-order chi connectivity index (χ1) is 3.31. The molecule has 1 N–H and O–H groups in total. The van der Waals surface area contributed by atoms with Crippen molar-refractivity contribution in [3.63, 3.8) is 0 Å². The average Bonchev–Trinajstić information content (AvgIpc) is 1.68. The van der Waals surface area contributed by atoms with Crippen molar-refractivity contribution in [2.75, 3.05) is 6.61 Å². The van der Waals surface area contributed by atoms with Crippen molar-refractivity contribution in [2.45, 2.75) is 6.92 Å². The molecule has 0 aliphatic carbocycles. The number of hydrogen-bond acceptors (Lipinski definition) is 3. The Morgan fingerprint density at radius 2 is 2.57 bits per heavy atom. The zero-order valence-electron chi connectivity index (χ0n) is 4.00. The van der Waals surface area contributed by atoms with Crippen LogP contribution in [-0.4, -0.2) is 23.5 Å². The van der Waals surface area contributed by atoms with E-state index in [4.69, 9.17) is 5.21 Å². The van der Waals surface area contributed by atoms with Gasteiger partial charge in [-0.1, -0.05) is 5.23 Å². The van der Waals surface area contributed by atoms with Gasteiger partial charge in [0.15, 0.2) is 0 Å². The maximum Gasteiger partial charge on any atom is 0.261 e. The van der Waals surface area contributed by atoms with Crippen molar-refractivity contribution < 1.29 is 14.8 Å². The third kappa shape index (κ3) is 3.21. The molecule has 0 atom stereocenters. The lowest BCUT2D eigenvalue weighted by Crippen LogP contribution is -2.16. The van der Waals surface area contributed by atoms with Crippen LogP contribution in [0, 0.1) is 0 Å². The summed E-state index contributed by atoms with van der Waals surface area (Å²) in [6, 6.07) is 0. The van der Waals surface area contributed by atoms with E-state index in [1.807, 2.05) is 0 Å². The lowest BCUT2D eigenvalue weighted by atomic mass is 10.9. The summed E-state index contributed by atoms with van der Waals surface area (Å²) in [6.45, 7) is 1.95. The fraction of sp³-hybridized carbons (Fsp3) is 0.667. The van der Waals surface area contributed by atoms with Crippen LogP contribution in [0.2, 0.25) is 0 Å². The quantitative estimate of drug-likeness (QED) is 0.307. The molecule has 0 aromatic rings. The van der Waals surface area contributed by atoms with Gasteiger partial charge in [0, 0.05) is 0 Å². The Morgan fingerprint density at radius 3 is 2.71 bits per heavy atom. The van der Waals surface area contributed by atoms with Gasteiger partial charge in [0.25, 0.3) is 6.41 Å². The van der Waals surface area contributed by atoms with E-state index < -0.39 is 0 Å². The van der Waals surface area contributed by atoms with Crippen LogP contribution >= 0.6 is 0 Å². The Bertz CT molecular complexity index is 56.1. The minimum absolute atomic E-state index is 0.125. The Morgan fingerprint density at radius 1 is 2.00 bits per heavy atom. The van der Waals surface area contributed by atoms with Crippen LogP contribution in [0.25, 0.3) is 0 Å². The first kappa shape index (κ1) is 6.39. The Hall–Kier alpha value is -0.610. The van der Waals surface area contributed by atoms with Gasteiger partial charge in [0.05, 0.1) is 6.61 Å². The molecule has 0 aliphatic rings. The van der Waals surface area contributed by atoms with Crippen molar-refractivity contribution in [3.05, 3.63) is 0 Å². The van der Waals surface area contributed by atoms with Crippen molar-refractivity contribution >= 4 is 6.41 Å². The monoisotopic (exact) mass is 105 g/mol. The molecule has 0 saturated heterocycles. The minimum Gasteiger partial charge on any atom is -0.274 e. The summed E-state index contributed by atoms with van der Waals surface area (Å²) < 4.78 is 0. The van der Waals surface area contributed by atoms with E-state index in [1.54, 1.807) is 6.92 Å². The molecular weight excluding hydrogens is 98.0 g/mol. The van der Waals surface area contributed by atoms with Crippen molar-refractivity contribution in [2.24, 2.45) is 0 Å². The molecule has 0 saturated carbocycles. The molecule has 0 aromatic heterocycles. The van der Waals surface area contributed by atoms with Gasteiger partial charge in [-0.05, 0) is 6.92 Å². The molecule has 4 nitrogen and oxygen atoms in total. The smallest absolute Gasteiger partial charge is 0.261 e. The van der Waals surface area contributed by atoms with Gasteiger partial charge in [-0.3, -0.25) is 10.0 Å². The van der Waals surface area contributed by atoms with Crippen LogP contribution in [-0.2, 0) is 9.63 Å². The van der Waals surface area contributed by atoms with E-state index in [1.165, 1.54) is 0 Å². The van der Waals surface area contributed by atoms with Gasteiger partial charge < -0.3 is 0 Å². The Balaban J connectivity index is 2.98. The lowest BCUT2D eigenvalue weighted by Gasteiger charge is -2.03. The van der Waals surface area contributed by atoms with Crippen LogP contribution < -0.4 is 0 Å². The van der Waals surface area contributed by atoms with Crippen molar-refractivity contribution in [1.82, 2.24) is 5.23 Å². The van der Waals surface area contributed by atoms with E-state index in [-0.39, 0.29) is 18.2 Å². The number of nitrogens with zero attached hydrogens (tertiary/aromatic N) is 1. The number of carbonyl (C=O) groups excluding carboxylic acids is 1. The Labute approximate surface area is 41.2 Å². The fourth-order valence-electron chi connectivity index (χ4n) is 0.163. The summed E-state index contributed by atoms with van der Waals surface area (Å²) in [5, 5.41) is 8.23. The summed E-state index contributed by atoms with van der Waals surface area (Å²) in [5.41, 5.74) is 0. The predicted molar refractivity (Wildman–Crippen MR) is 21.3 cm³/mol. The standard InChI is InChI=1S/C3H7NO3/c1-2-7-4(6)3-5/h3,6H,2H2,1H3. The summed E-state index contributed by atoms with van der Waals surface area (Å²) in [5.74, 6) is 0. The molecule has 0 bridgehead atoms. The highest BCUT2D eigenvalue weighted by Gasteiger charge is 1.87. The molecule has 0 spiro atoms. The Kier molecular flexibility index (Phi) is 3.26. The van der Waals surface area contributed by atoms with Crippen LogP contribution in [0.3, 0.4) is 0 Å². The average molecular weight is 105 g/mol. The lowest BCUT2D eigenvalue weighted by molar-refractivity contribution is -0.303. The van der Waals surface area contributed by atoms with E-state index in [2.05, 4.69) is 4.84 Å². The van der Waals surface area contributed by atoms with E-state index in [0.717, 1.165) is 0 Å². The summed E-state index contributed by atoms with van der Waals surface area (Å²) in [7, 11) is 0. The van der Waals surface area contributed by atoms with Crippen LogP contribution in [0.1, 0.15) is 6.92 Å². The van der Waals surface area contributed by atoms with Gasteiger partial charge in [0.1, 0.15) is 0 Å². The van der Waals surface area contributed by atoms with Gasteiger partial charge in [-0.2, -0.15) is 0 Å². The molecule has 1 amide bonds. The second kappa shape index (κ2) is 3.58. The maximum atomic E-state index is 9.45. The van der Waals surface area contributed by atoms with E-state index in [0.29, 0.717) is 0 Å². The minimum atomic E-state index is 0.125. The molecule has 0 radical (unpaired) electrons. The van der Waals surface area contributed by atoms with Gasteiger partial charge in [-0.15, -0.1) is 0 Å². The highest BCUT2D eigenvalue weighted by atomic mass is 16.9. The third-order valence-electron chi connectivity index (χ3n) is 0.352. The number of hydrogen-bond donors (Lipinski definition) is 1.